The molecular formula is C8H11F. The van der Waals surface area contributed by atoms with Gasteiger partial charge < -0.3 is 0 Å². The van der Waals surface area contributed by atoms with Crippen LogP contribution in [0.4, 0.5) is 4.39 Å². The van der Waals surface area contributed by atoms with Crippen molar-refractivity contribution < 1.29 is 4.39 Å². The molecule has 0 bridgehead atoms. The van der Waals surface area contributed by atoms with Crippen molar-refractivity contribution in [2.24, 2.45) is 5.92 Å². The molecular weight excluding hydrogens is 115 g/mol. The topological polar surface area (TPSA) is 0 Å². The standard InChI is InChI=1S/C8H11F/c1-6-3-4-7(2)8(9)5-6/h3-4,6H,5H2,1-2H3/t6-/m1/s1. The number of rotatable bonds is 0. The fraction of sp³-hybridized carbons (Fsp3) is 0.500. The van der Waals surface area contributed by atoms with Gasteiger partial charge in [0.15, 0.2) is 0 Å². The highest BCUT2D eigenvalue weighted by Gasteiger charge is 2.08. The van der Waals surface area contributed by atoms with E-state index in [-0.39, 0.29) is 5.83 Å². The molecule has 0 radical (unpaired) electrons. The molecule has 0 heterocycles. The average molecular weight is 126 g/mol. The van der Waals surface area contributed by atoms with Crippen molar-refractivity contribution in [3.8, 4) is 0 Å². The zero-order valence-electron chi connectivity index (χ0n) is 5.82. The van der Waals surface area contributed by atoms with Crippen molar-refractivity contribution in [2.45, 2.75) is 20.3 Å². The Bertz CT molecular complexity index is 165. The van der Waals surface area contributed by atoms with Crippen LogP contribution in [0.2, 0.25) is 0 Å². The molecule has 1 heteroatoms. The second kappa shape index (κ2) is 2.34. The van der Waals surface area contributed by atoms with E-state index in [1.54, 1.807) is 6.92 Å². The van der Waals surface area contributed by atoms with Crippen molar-refractivity contribution in [1.82, 2.24) is 0 Å². The van der Waals surface area contributed by atoms with Crippen LogP contribution < -0.4 is 0 Å². The zero-order valence-corrected chi connectivity index (χ0v) is 5.82. The lowest BCUT2D eigenvalue weighted by Crippen LogP contribution is -1.96. The Hall–Kier alpha value is -0.590. The summed E-state index contributed by atoms with van der Waals surface area (Å²) in [6, 6.07) is 0. The molecule has 0 aromatic heterocycles. The molecule has 0 saturated carbocycles. The normalized spacial score (nSPS) is 27.2. The molecule has 0 unspecified atom stereocenters. The lowest BCUT2D eigenvalue weighted by atomic mass is 9.98. The molecule has 0 N–H and O–H groups in total. The summed E-state index contributed by atoms with van der Waals surface area (Å²) >= 11 is 0. The Balaban J connectivity index is 2.75. The maximum Gasteiger partial charge on any atom is 0.103 e. The van der Waals surface area contributed by atoms with Gasteiger partial charge in [0.2, 0.25) is 0 Å². The molecule has 1 rings (SSSR count). The van der Waals surface area contributed by atoms with Gasteiger partial charge in [-0.2, -0.15) is 0 Å². The summed E-state index contributed by atoms with van der Waals surface area (Å²) in [5, 5.41) is 0. The lowest BCUT2D eigenvalue weighted by Gasteiger charge is -2.10. The first-order valence-electron chi connectivity index (χ1n) is 3.23. The maximum atomic E-state index is 12.7. The van der Waals surface area contributed by atoms with Gasteiger partial charge in [-0.1, -0.05) is 19.1 Å². The van der Waals surface area contributed by atoms with Crippen molar-refractivity contribution in [2.75, 3.05) is 0 Å². The fourth-order valence-corrected chi connectivity index (χ4v) is 0.911. The fourth-order valence-electron chi connectivity index (χ4n) is 0.911. The van der Waals surface area contributed by atoms with Crippen molar-refractivity contribution in [3.05, 3.63) is 23.6 Å². The first-order chi connectivity index (χ1) is 4.20. The van der Waals surface area contributed by atoms with Gasteiger partial charge in [0.25, 0.3) is 0 Å². The highest BCUT2D eigenvalue weighted by atomic mass is 19.1. The van der Waals surface area contributed by atoms with Crippen LogP contribution in [0.3, 0.4) is 0 Å². The van der Waals surface area contributed by atoms with Gasteiger partial charge in [0, 0.05) is 6.42 Å². The van der Waals surface area contributed by atoms with E-state index in [0.29, 0.717) is 12.3 Å². The molecule has 1 atom stereocenters. The molecule has 1 aliphatic rings. The van der Waals surface area contributed by atoms with E-state index in [2.05, 4.69) is 0 Å². The van der Waals surface area contributed by atoms with Crippen molar-refractivity contribution in [3.63, 3.8) is 0 Å². The third-order valence-electron chi connectivity index (χ3n) is 1.60. The van der Waals surface area contributed by atoms with Gasteiger partial charge in [-0.05, 0) is 18.4 Å². The molecule has 0 aliphatic heterocycles. The number of hydrogen-bond donors (Lipinski definition) is 0. The third-order valence-corrected chi connectivity index (χ3v) is 1.60. The lowest BCUT2D eigenvalue weighted by molar-refractivity contribution is 0.527. The van der Waals surface area contributed by atoms with Gasteiger partial charge in [-0.15, -0.1) is 0 Å². The smallest absolute Gasteiger partial charge is 0.103 e. The molecule has 0 nitrogen and oxygen atoms in total. The van der Waals surface area contributed by atoms with Crippen LogP contribution in [0.1, 0.15) is 20.3 Å². The molecule has 0 fully saturated rings. The SMILES string of the molecule is CC1=C(F)C[C@H](C)C=C1. The summed E-state index contributed by atoms with van der Waals surface area (Å²) in [6.07, 6.45) is 4.48. The highest BCUT2D eigenvalue weighted by molar-refractivity contribution is 5.24. The second-order valence-corrected chi connectivity index (χ2v) is 2.63. The molecule has 9 heavy (non-hydrogen) atoms. The molecule has 0 aromatic carbocycles. The molecule has 1 aliphatic carbocycles. The van der Waals surface area contributed by atoms with Gasteiger partial charge >= 0.3 is 0 Å². The predicted molar refractivity (Wildman–Crippen MR) is 36.7 cm³/mol. The van der Waals surface area contributed by atoms with E-state index in [0.717, 1.165) is 5.57 Å². The Morgan fingerprint density at radius 3 is 2.78 bits per heavy atom. The van der Waals surface area contributed by atoms with Crippen molar-refractivity contribution in [1.29, 1.82) is 0 Å². The van der Waals surface area contributed by atoms with Crippen LogP contribution in [-0.4, -0.2) is 0 Å². The van der Waals surface area contributed by atoms with Crippen LogP contribution >= 0.6 is 0 Å². The van der Waals surface area contributed by atoms with Gasteiger partial charge in [0.1, 0.15) is 5.83 Å². The summed E-state index contributed by atoms with van der Waals surface area (Å²) in [5.74, 6) is 0.429. The molecule has 0 spiro atoms. The summed E-state index contributed by atoms with van der Waals surface area (Å²) in [7, 11) is 0. The monoisotopic (exact) mass is 126 g/mol. The number of allylic oxidation sites excluding steroid dienone is 4. The molecule has 50 valence electrons. The quantitative estimate of drug-likeness (QED) is 0.468. The minimum atomic E-state index is 0.0463. The van der Waals surface area contributed by atoms with Crippen LogP contribution in [-0.2, 0) is 0 Å². The van der Waals surface area contributed by atoms with Crippen LogP contribution in [0.15, 0.2) is 23.6 Å². The first-order valence-corrected chi connectivity index (χ1v) is 3.23. The maximum absolute atomic E-state index is 12.7. The van der Waals surface area contributed by atoms with Gasteiger partial charge in [-0.3, -0.25) is 0 Å². The molecule has 0 aromatic rings. The number of halogens is 1. The van der Waals surface area contributed by atoms with E-state index in [9.17, 15) is 4.39 Å². The first kappa shape index (κ1) is 6.53. The minimum absolute atomic E-state index is 0.0463. The Kier molecular flexibility index (Phi) is 1.70. The van der Waals surface area contributed by atoms with Crippen LogP contribution in [0, 0.1) is 5.92 Å². The Morgan fingerprint density at radius 1 is 1.67 bits per heavy atom. The van der Waals surface area contributed by atoms with Crippen molar-refractivity contribution >= 4 is 0 Å². The minimum Gasteiger partial charge on any atom is -0.212 e. The summed E-state index contributed by atoms with van der Waals surface area (Å²) in [4.78, 5) is 0. The summed E-state index contributed by atoms with van der Waals surface area (Å²) < 4.78 is 12.7. The molecule has 0 saturated heterocycles. The second-order valence-electron chi connectivity index (χ2n) is 2.63. The van der Waals surface area contributed by atoms with E-state index in [1.165, 1.54) is 0 Å². The van der Waals surface area contributed by atoms with E-state index >= 15 is 0 Å². The van der Waals surface area contributed by atoms with Crippen LogP contribution in [0.25, 0.3) is 0 Å². The Morgan fingerprint density at radius 2 is 2.33 bits per heavy atom. The Labute approximate surface area is 55.1 Å². The summed E-state index contributed by atoms with van der Waals surface area (Å²) in [5.41, 5.74) is 0.785. The predicted octanol–water partition coefficient (Wildman–Crippen LogP) is 2.83. The average Bonchev–Trinajstić information content (AvgIpc) is 1.80. The largest absolute Gasteiger partial charge is 0.212 e. The van der Waals surface area contributed by atoms with E-state index in [4.69, 9.17) is 0 Å². The zero-order chi connectivity index (χ0) is 6.85. The highest BCUT2D eigenvalue weighted by Crippen LogP contribution is 2.23. The summed E-state index contributed by atoms with van der Waals surface area (Å²) in [6.45, 7) is 3.82. The van der Waals surface area contributed by atoms with Gasteiger partial charge in [-0.25, -0.2) is 4.39 Å². The number of hydrogen-bond acceptors (Lipinski definition) is 0. The van der Waals surface area contributed by atoms with Crippen LogP contribution in [0.5, 0.6) is 0 Å². The van der Waals surface area contributed by atoms with Gasteiger partial charge in [0.05, 0.1) is 0 Å². The molecule has 0 amide bonds. The van der Waals surface area contributed by atoms with E-state index < -0.39 is 0 Å². The third kappa shape index (κ3) is 1.41. The van der Waals surface area contributed by atoms with E-state index in [1.807, 2.05) is 19.1 Å².